The van der Waals surface area contributed by atoms with E-state index in [4.69, 9.17) is 0 Å². The quantitative estimate of drug-likeness (QED) is 0.0783. The fourth-order valence-electron chi connectivity index (χ4n) is 7.75. The van der Waals surface area contributed by atoms with Crippen molar-refractivity contribution >= 4 is 67.0 Å². The highest BCUT2D eigenvalue weighted by molar-refractivity contribution is 7.16. The van der Waals surface area contributed by atoms with Crippen molar-refractivity contribution in [2.45, 2.75) is 6.92 Å². The predicted octanol–water partition coefficient (Wildman–Crippen LogP) is 9.46. The highest BCUT2D eigenvalue weighted by Crippen LogP contribution is 2.40. The monoisotopic (exact) mass is 639 g/mol. The van der Waals surface area contributed by atoms with Crippen LogP contribution in [0.15, 0.2) is 182 Å². The lowest BCUT2D eigenvalue weighted by Crippen LogP contribution is -2.66. The summed E-state index contributed by atoms with van der Waals surface area (Å²) in [5.41, 5.74) is 10.0. The topological polar surface area (TPSA) is 4.93 Å². The maximum Gasteiger partial charge on any atom is 0.230 e. The maximum atomic E-state index is 4.09. The molecule has 0 saturated carbocycles. The molecule has 0 unspecified atom stereocenters. The molecule has 0 saturated heterocycles. The van der Waals surface area contributed by atoms with Gasteiger partial charge in [0.15, 0.2) is 0 Å². The van der Waals surface area contributed by atoms with Crippen LogP contribution in [-0.4, -0.2) is 12.6 Å². The molecule has 0 aliphatic carbocycles. The minimum Gasteiger partial charge on any atom is -0.308 e. The molecule has 0 bridgehead atoms. The number of fused-ring (bicyclic) bond motifs is 5. The van der Waals surface area contributed by atoms with Gasteiger partial charge in [0.1, 0.15) is 0 Å². The molecule has 2 heteroatoms. The summed E-state index contributed by atoms with van der Waals surface area (Å²) >= 11 is 0. The van der Waals surface area contributed by atoms with E-state index in [1.165, 1.54) is 70.2 Å². The first-order chi connectivity index (χ1) is 24.2. The fourth-order valence-corrected chi connectivity index (χ4v) is 11.6. The second-order valence-electron chi connectivity index (χ2n) is 12.8. The van der Waals surface area contributed by atoms with E-state index >= 15 is 0 Å². The molecule has 0 N–H and O–H groups in total. The minimum atomic E-state index is -2.80. The average molecular weight is 640 g/mol. The van der Waals surface area contributed by atoms with Crippen molar-refractivity contribution in [2.75, 3.05) is 0 Å². The van der Waals surface area contributed by atoms with Crippen molar-refractivity contribution in [2.24, 2.45) is 0 Å². The average Bonchev–Trinajstić information content (AvgIpc) is 3.50. The molecular formula is C47H33NSi. The zero-order chi connectivity index (χ0) is 32.8. The number of para-hydroxylation sites is 2. The number of benzene rings is 8. The van der Waals surface area contributed by atoms with Crippen LogP contribution in [-0.2, 0) is 0 Å². The number of hydrogen-bond acceptors (Lipinski definition) is 0. The summed E-state index contributed by atoms with van der Waals surface area (Å²) in [4.78, 5) is 0. The molecule has 0 radical (unpaired) electrons. The number of aromatic nitrogens is 1. The Morgan fingerprint density at radius 2 is 0.837 bits per heavy atom. The van der Waals surface area contributed by atoms with Gasteiger partial charge in [-0.05, 0) is 40.7 Å². The highest BCUT2D eigenvalue weighted by Gasteiger charge is 2.38. The molecule has 0 spiro atoms. The second kappa shape index (κ2) is 11.8. The maximum absolute atomic E-state index is 4.09. The summed E-state index contributed by atoms with van der Waals surface area (Å²) in [7, 11) is -2.80. The molecule has 0 aliphatic heterocycles. The molecule has 0 aliphatic rings. The molecule has 9 aromatic rings. The summed E-state index contributed by atoms with van der Waals surface area (Å²) in [6.07, 6.45) is 0. The van der Waals surface area contributed by atoms with Gasteiger partial charge in [-0.2, -0.15) is 0 Å². The van der Waals surface area contributed by atoms with Crippen molar-refractivity contribution in [3.8, 4) is 17.2 Å². The molecule has 0 fully saturated rings. The van der Waals surface area contributed by atoms with Gasteiger partial charge in [-0.3, -0.25) is 0 Å². The van der Waals surface area contributed by atoms with Gasteiger partial charge < -0.3 is 4.57 Å². The molecule has 8 aromatic carbocycles. The van der Waals surface area contributed by atoms with Gasteiger partial charge in [-0.1, -0.05) is 175 Å². The normalized spacial score (nSPS) is 11.6. The lowest BCUT2D eigenvalue weighted by atomic mass is 9.93. The summed E-state index contributed by atoms with van der Waals surface area (Å²) in [5.74, 6) is 3.94. The van der Waals surface area contributed by atoms with Gasteiger partial charge in [0.2, 0.25) is 8.07 Å². The van der Waals surface area contributed by atoms with Crippen LogP contribution < -0.4 is 15.6 Å². The van der Waals surface area contributed by atoms with Crippen LogP contribution >= 0.6 is 0 Å². The van der Waals surface area contributed by atoms with Crippen LogP contribution in [0.3, 0.4) is 0 Å². The molecule has 0 atom stereocenters. The van der Waals surface area contributed by atoms with Crippen LogP contribution in [0.5, 0.6) is 0 Å². The van der Waals surface area contributed by atoms with Crippen molar-refractivity contribution in [1.29, 1.82) is 0 Å². The van der Waals surface area contributed by atoms with Gasteiger partial charge >= 0.3 is 0 Å². The third kappa shape index (κ3) is 4.63. The van der Waals surface area contributed by atoms with E-state index in [0.717, 1.165) is 5.56 Å². The van der Waals surface area contributed by atoms with Gasteiger partial charge in [-0.15, -0.1) is 5.54 Å². The van der Waals surface area contributed by atoms with E-state index < -0.39 is 8.07 Å². The van der Waals surface area contributed by atoms with E-state index in [1.54, 1.807) is 0 Å². The lowest BCUT2D eigenvalue weighted by Gasteiger charge is -2.28. The summed E-state index contributed by atoms with van der Waals surface area (Å²) < 4.78 is 2.48. The Morgan fingerprint density at radius 1 is 0.408 bits per heavy atom. The van der Waals surface area contributed by atoms with E-state index in [2.05, 4.69) is 205 Å². The van der Waals surface area contributed by atoms with Crippen molar-refractivity contribution in [3.63, 3.8) is 0 Å². The lowest BCUT2D eigenvalue weighted by molar-refractivity contribution is 1.21. The molecule has 230 valence electrons. The fraction of sp³-hybridized carbons (Fsp3) is 0.0213. The Morgan fingerprint density at radius 3 is 1.37 bits per heavy atom. The van der Waals surface area contributed by atoms with E-state index in [0.29, 0.717) is 0 Å². The number of rotatable bonds is 4. The van der Waals surface area contributed by atoms with E-state index in [1.807, 2.05) is 0 Å². The number of aryl methyl sites for hydroxylation is 1. The Hall–Kier alpha value is -6.14. The first kappa shape index (κ1) is 29.0. The summed E-state index contributed by atoms with van der Waals surface area (Å²) in [5, 5.41) is 11.1. The summed E-state index contributed by atoms with van der Waals surface area (Å²) in [6.45, 7) is 2.19. The minimum absolute atomic E-state index is 1.08. The Balaban J connectivity index is 1.42. The first-order valence-corrected chi connectivity index (χ1v) is 18.9. The molecule has 49 heavy (non-hydrogen) atoms. The molecule has 1 nitrogen and oxygen atoms in total. The van der Waals surface area contributed by atoms with Gasteiger partial charge in [0.25, 0.3) is 0 Å². The Bertz CT molecular complexity index is 2560. The van der Waals surface area contributed by atoms with E-state index in [-0.39, 0.29) is 0 Å². The summed E-state index contributed by atoms with van der Waals surface area (Å²) in [6, 6.07) is 66.1. The third-order valence-electron chi connectivity index (χ3n) is 9.95. The van der Waals surface area contributed by atoms with Crippen LogP contribution in [0.25, 0.3) is 49.0 Å². The van der Waals surface area contributed by atoms with Crippen molar-refractivity contribution < 1.29 is 0 Å². The largest absolute Gasteiger partial charge is 0.308 e. The van der Waals surface area contributed by atoms with Gasteiger partial charge in [0, 0.05) is 37.9 Å². The molecule has 1 heterocycles. The standard InChI is InChI=1S/C47H33NSi/c1-34-29-30-39-40(31-32-49(35-17-5-2-6-18-35,36-19-7-3-8-20-36)37-21-9-4-10-22-37)38-23-11-12-26-43(38)47(44(39)33-34)48-45-27-15-13-24-41(45)42-25-14-16-28-46(42)48/h2-30,33H,1H3. The van der Waals surface area contributed by atoms with E-state index in [9.17, 15) is 0 Å². The van der Waals surface area contributed by atoms with Crippen molar-refractivity contribution in [3.05, 3.63) is 193 Å². The van der Waals surface area contributed by atoms with Crippen LogP contribution in [0.2, 0.25) is 0 Å². The smallest absolute Gasteiger partial charge is 0.230 e. The second-order valence-corrected chi connectivity index (χ2v) is 16.3. The van der Waals surface area contributed by atoms with Crippen LogP contribution in [0.1, 0.15) is 11.1 Å². The molecular weight excluding hydrogens is 607 g/mol. The predicted molar refractivity (Wildman–Crippen MR) is 211 cm³/mol. The SMILES string of the molecule is Cc1ccc2c(C#C[Si](c3ccccc3)(c3ccccc3)c3ccccc3)c3ccccc3c(-n3c4ccccc4c4ccccc43)c2c1. The first-order valence-electron chi connectivity index (χ1n) is 16.9. The molecule has 0 amide bonds. The Labute approximate surface area is 287 Å². The highest BCUT2D eigenvalue weighted by atomic mass is 28.3. The third-order valence-corrected chi connectivity index (χ3v) is 14.0. The zero-order valence-electron chi connectivity index (χ0n) is 27.3. The molecule has 9 rings (SSSR count). The zero-order valence-corrected chi connectivity index (χ0v) is 28.3. The van der Waals surface area contributed by atoms with Crippen LogP contribution in [0, 0.1) is 18.4 Å². The van der Waals surface area contributed by atoms with Crippen molar-refractivity contribution in [1.82, 2.24) is 4.57 Å². The number of hydrogen-bond donors (Lipinski definition) is 0. The van der Waals surface area contributed by atoms with Gasteiger partial charge in [0.05, 0.1) is 16.7 Å². The van der Waals surface area contributed by atoms with Gasteiger partial charge in [-0.25, -0.2) is 0 Å². The number of nitrogens with zero attached hydrogens (tertiary/aromatic N) is 1. The molecule has 1 aromatic heterocycles. The Kier molecular flexibility index (Phi) is 7.01. The van der Waals surface area contributed by atoms with Crippen LogP contribution in [0.4, 0.5) is 0 Å².